The molecule has 0 aliphatic rings. The molecule has 1 unspecified atom stereocenters. The lowest BCUT2D eigenvalue weighted by atomic mass is 10.1. The van der Waals surface area contributed by atoms with E-state index in [1.165, 1.54) is 0 Å². The van der Waals surface area contributed by atoms with Crippen molar-refractivity contribution in [2.24, 2.45) is 0 Å². The topological polar surface area (TPSA) is 67.2 Å². The number of amides is 1. The van der Waals surface area contributed by atoms with E-state index in [2.05, 4.69) is 10.4 Å². The number of carbonyl (C=O) groups excluding carboxylic acids is 1. The summed E-state index contributed by atoms with van der Waals surface area (Å²) >= 11 is 0. The van der Waals surface area contributed by atoms with Gasteiger partial charge in [-0.2, -0.15) is 5.10 Å². The molecular formula is C20H21N3O2. The van der Waals surface area contributed by atoms with Gasteiger partial charge in [0.15, 0.2) is 0 Å². The van der Waals surface area contributed by atoms with Crippen molar-refractivity contribution in [3.63, 3.8) is 0 Å². The van der Waals surface area contributed by atoms with Crippen molar-refractivity contribution in [2.45, 2.75) is 19.4 Å². The largest absolute Gasteiger partial charge is 0.396 e. The van der Waals surface area contributed by atoms with Crippen molar-refractivity contribution in [3.8, 4) is 16.9 Å². The zero-order valence-corrected chi connectivity index (χ0v) is 14.1. The van der Waals surface area contributed by atoms with Crippen LogP contribution in [0.4, 0.5) is 0 Å². The second-order valence-corrected chi connectivity index (χ2v) is 5.93. The summed E-state index contributed by atoms with van der Waals surface area (Å²) < 4.78 is 1.82. The molecule has 3 aromatic rings. The van der Waals surface area contributed by atoms with Crippen LogP contribution >= 0.6 is 0 Å². The number of benzene rings is 2. The summed E-state index contributed by atoms with van der Waals surface area (Å²) in [5, 5.41) is 16.3. The van der Waals surface area contributed by atoms with E-state index >= 15 is 0 Å². The highest BCUT2D eigenvalue weighted by Gasteiger charge is 2.12. The minimum Gasteiger partial charge on any atom is -0.396 e. The van der Waals surface area contributed by atoms with Crippen molar-refractivity contribution in [1.29, 1.82) is 0 Å². The predicted molar refractivity (Wildman–Crippen MR) is 97.6 cm³/mol. The van der Waals surface area contributed by atoms with E-state index in [0.29, 0.717) is 12.0 Å². The molecule has 0 spiro atoms. The fourth-order valence-electron chi connectivity index (χ4n) is 2.69. The summed E-state index contributed by atoms with van der Waals surface area (Å²) in [5.74, 6) is -0.156. The highest BCUT2D eigenvalue weighted by atomic mass is 16.3. The van der Waals surface area contributed by atoms with E-state index in [1.807, 2.05) is 66.2 Å². The van der Waals surface area contributed by atoms with Crippen LogP contribution in [0.5, 0.6) is 0 Å². The Balaban J connectivity index is 1.88. The molecule has 0 radical (unpaired) electrons. The van der Waals surface area contributed by atoms with E-state index in [9.17, 15) is 4.79 Å². The van der Waals surface area contributed by atoms with Gasteiger partial charge >= 0.3 is 0 Å². The number of rotatable bonds is 6. The van der Waals surface area contributed by atoms with Crippen molar-refractivity contribution >= 4 is 5.91 Å². The Morgan fingerprint density at radius 3 is 2.72 bits per heavy atom. The molecule has 5 heteroatoms. The summed E-state index contributed by atoms with van der Waals surface area (Å²) in [4.78, 5) is 12.4. The average molecular weight is 335 g/mol. The maximum absolute atomic E-state index is 12.4. The van der Waals surface area contributed by atoms with Gasteiger partial charge < -0.3 is 10.4 Å². The molecule has 0 aliphatic heterocycles. The Bertz CT molecular complexity index is 843. The first-order chi connectivity index (χ1) is 12.2. The predicted octanol–water partition coefficient (Wildman–Crippen LogP) is 3.04. The summed E-state index contributed by atoms with van der Waals surface area (Å²) in [5.41, 5.74) is 3.42. The lowest BCUT2D eigenvalue weighted by Gasteiger charge is -2.13. The van der Waals surface area contributed by atoms with Gasteiger partial charge in [0.05, 0.1) is 17.6 Å². The fraction of sp³-hybridized carbons (Fsp3) is 0.200. The molecule has 2 aromatic carbocycles. The molecule has 1 atom stereocenters. The fourth-order valence-corrected chi connectivity index (χ4v) is 2.69. The van der Waals surface area contributed by atoms with Crippen LogP contribution in [-0.4, -0.2) is 33.4 Å². The maximum atomic E-state index is 12.4. The van der Waals surface area contributed by atoms with Crippen LogP contribution in [0.1, 0.15) is 23.7 Å². The molecule has 3 rings (SSSR count). The third kappa shape index (κ3) is 3.95. The maximum Gasteiger partial charge on any atom is 0.251 e. The second-order valence-electron chi connectivity index (χ2n) is 5.93. The molecule has 128 valence electrons. The Morgan fingerprint density at radius 1 is 1.16 bits per heavy atom. The SMILES string of the molecule is CC(CCO)NC(=O)c1cccc(-n2nccc2-c2ccccc2)c1. The number of hydrogen-bond donors (Lipinski definition) is 2. The van der Waals surface area contributed by atoms with Gasteiger partial charge in [-0.1, -0.05) is 36.4 Å². The minimum absolute atomic E-state index is 0.0508. The summed E-state index contributed by atoms with van der Waals surface area (Å²) in [6, 6.07) is 19.2. The molecule has 0 saturated carbocycles. The van der Waals surface area contributed by atoms with Gasteiger partial charge in [0.25, 0.3) is 5.91 Å². The van der Waals surface area contributed by atoms with E-state index in [4.69, 9.17) is 5.11 Å². The third-order valence-corrected chi connectivity index (χ3v) is 4.00. The highest BCUT2D eigenvalue weighted by molar-refractivity contribution is 5.95. The van der Waals surface area contributed by atoms with E-state index in [0.717, 1.165) is 16.9 Å². The van der Waals surface area contributed by atoms with E-state index in [1.54, 1.807) is 12.3 Å². The monoisotopic (exact) mass is 335 g/mol. The van der Waals surface area contributed by atoms with Crippen molar-refractivity contribution in [2.75, 3.05) is 6.61 Å². The van der Waals surface area contributed by atoms with Crippen LogP contribution in [0.2, 0.25) is 0 Å². The van der Waals surface area contributed by atoms with Crippen molar-refractivity contribution < 1.29 is 9.90 Å². The van der Waals surface area contributed by atoms with Gasteiger partial charge in [0.2, 0.25) is 0 Å². The van der Waals surface area contributed by atoms with Gasteiger partial charge in [-0.05, 0) is 37.6 Å². The van der Waals surface area contributed by atoms with Crippen LogP contribution in [-0.2, 0) is 0 Å². The third-order valence-electron chi connectivity index (χ3n) is 4.00. The smallest absolute Gasteiger partial charge is 0.251 e. The summed E-state index contributed by atoms with van der Waals surface area (Å²) in [7, 11) is 0. The zero-order valence-electron chi connectivity index (χ0n) is 14.1. The first-order valence-corrected chi connectivity index (χ1v) is 8.30. The number of nitrogens with one attached hydrogen (secondary N) is 1. The van der Waals surface area contributed by atoms with Crippen LogP contribution in [0.15, 0.2) is 66.9 Å². The minimum atomic E-state index is -0.156. The first-order valence-electron chi connectivity index (χ1n) is 8.30. The molecule has 1 heterocycles. The number of hydrogen-bond acceptors (Lipinski definition) is 3. The van der Waals surface area contributed by atoms with Gasteiger partial charge in [-0.3, -0.25) is 4.79 Å². The molecule has 1 amide bonds. The number of aromatic nitrogens is 2. The molecule has 25 heavy (non-hydrogen) atoms. The first kappa shape index (κ1) is 16.9. The van der Waals surface area contributed by atoms with Crippen LogP contribution < -0.4 is 5.32 Å². The van der Waals surface area contributed by atoms with E-state index < -0.39 is 0 Å². The van der Waals surface area contributed by atoms with Gasteiger partial charge in [0.1, 0.15) is 0 Å². The van der Waals surface area contributed by atoms with Crippen LogP contribution in [0, 0.1) is 0 Å². The molecular weight excluding hydrogens is 314 g/mol. The van der Waals surface area contributed by atoms with Crippen LogP contribution in [0.25, 0.3) is 16.9 Å². The second kappa shape index (κ2) is 7.77. The zero-order chi connectivity index (χ0) is 17.6. The lowest BCUT2D eigenvalue weighted by Crippen LogP contribution is -2.33. The van der Waals surface area contributed by atoms with Crippen LogP contribution in [0.3, 0.4) is 0 Å². The van der Waals surface area contributed by atoms with E-state index in [-0.39, 0.29) is 18.6 Å². The Morgan fingerprint density at radius 2 is 1.96 bits per heavy atom. The molecule has 0 fully saturated rings. The van der Waals surface area contributed by atoms with Gasteiger partial charge in [-0.15, -0.1) is 0 Å². The van der Waals surface area contributed by atoms with Gasteiger partial charge in [0, 0.05) is 23.8 Å². The Hall–Kier alpha value is -2.92. The van der Waals surface area contributed by atoms with Gasteiger partial charge in [-0.25, -0.2) is 4.68 Å². The number of aliphatic hydroxyl groups excluding tert-OH is 1. The molecule has 2 N–H and O–H groups in total. The molecule has 5 nitrogen and oxygen atoms in total. The standard InChI is InChI=1S/C20H21N3O2/c1-15(11-13-24)22-20(25)17-8-5-9-18(14-17)23-19(10-12-21-23)16-6-3-2-4-7-16/h2-10,12,14-15,24H,11,13H2,1H3,(H,22,25). The average Bonchev–Trinajstić information content (AvgIpc) is 3.12. The molecule has 1 aromatic heterocycles. The van der Waals surface area contributed by atoms with Crippen molar-refractivity contribution in [1.82, 2.24) is 15.1 Å². The lowest BCUT2D eigenvalue weighted by molar-refractivity contribution is 0.0934. The highest BCUT2D eigenvalue weighted by Crippen LogP contribution is 2.22. The number of carbonyl (C=O) groups is 1. The quantitative estimate of drug-likeness (QED) is 0.727. The molecule has 0 saturated heterocycles. The number of nitrogens with zero attached hydrogens (tertiary/aromatic N) is 2. The molecule has 0 bridgehead atoms. The summed E-state index contributed by atoms with van der Waals surface area (Å²) in [6.45, 7) is 1.92. The normalized spacial score (nSPS) is 11.9. The summed E-state index contributed by atoms with van der Waals surface area (Å²) in [6.07, 6.45) is 2.28. The van der Waals surface area contributed by atoms with Crippen molar-refractivity contribution in [3.05, 3.63) is 72.4 Å². The Kier molecular flexibility index (Phi) is 5.26. The Labute approximate surface area is 146 Å². The number of aliphatic hydroxyl groups is 1. The molecule has 0 aliphatic carbocycles.